The molecule has 0 radical (unpaired) electrons. The second-order valence-electron chi connectivity index (χ2n) is 4.79. The van der Waals surface area contributed by atoms with Crippen molar-refractivity contribution in [1.82, 2.24) is 10.3 Å². The smallest absolute Gasteiger partial charge is 0.251 e. The van der Waals surface area contributed by atoms with E-state index < -0.39 is 0 Å². The number of hydrogen-bond acceptors (Lipinski definition) is 4. The first-order valence-electron chi connectivity index (χ1n) is 6.77. The van der Waals surface area contributed by atoms with Crippen molar-refractivity contribution in [3.8, 4) is 0 Å². The molecule has 19 heavy (non-hydrogen) atoms. The Morgan fingerprint density at radius 3 is 2.89 bits per heavy atom. The van der Waals surface area contributed by atoms with Gasteiger partial charge in [-0.05, 0) is 43.6 Å². The first kappa shape index (κ1) is 14.3. The van der Waals surface area contributed by atoms with Crippen LogP contribution in [0, 0.1) is 0 Å². The minimum atomic E-state index is -0.193. The molecule has 5 heteroatoms. The van der Waals surface area contributed by atoms with Gasteiger partial charge in [0.15, 0.2) is 0 Å². The maximum atomic E-state index is 12.1. The molecule has 1 saturated carbocycles. The zero-order valence-electron chi connectivity index (χ0n) is 11.1. The molecule has 4 nitrogen and oxygen atoms in total. The van der Waals surface area contributed by atoms with Crippen LogP contribution in [0.5, 0.6) is 0 Å². The fraction of sp³-hybridized carbons (Fsp3) is 0.571. The summed E-state index contributed by atoms with van der Waals surface area (Å²) in [5, 5.41) is 13.4. The van der Waals surface area contributed by atoms with E-state index >= 15 is 0 Å². The number of aliphatic hydroxyl groups is 1. The number of nitrogens with one attached hydrogen (secondary N) is 1. The lowest BCUT2D eigenvalue weighted by atomic mass is 9.93. The van der Waals surface area contributed by atoms with Crippen LogP contribution in [0.2, 0.25) is 0 Å². The number of carbonyl (C=O) groups excluding carboxylic acids is 1. The largest absolute Gasteiger partial charge is 0.393 e. The number of carbonyl (C=O) groups is 1. The van der Waals surface area contributed by atoms with Crippen molar-refractivity contribution in [3.05, 3.63) is 23.9 Å². The summed E-state index contributed by atoms with van der Waals surface area (Å²) in [6.45, 7) is 2.06. The summed E-state index contributed by atoms with van der Waals surface area (Å²) < 4.78 is 0. The second-order valence-corrected chi connectivity index (χ2v) is 6.08. The van der Waals surface area contributed by atoms with Crippen molar-refractivity contribution >= 4 is 17.7 Å². The molecule has 1 aromatic heterocycles. The molecule has 0 atom stereocenters. The number of nitrogens with zero attached hydrogens (tertiary/aromatic N) is 1. The normalized spacial score (nSPS) is 23.1. The summed E-state index contributed by atoms with van der Waals surface area (Å²) in [4.78, 5) is 16.4. The zero-order chi connectivity index (χ0) is 13.7. The molecule has 1 aromatic rings. The van der Waals surface area contributed by atoms with E-state index in [4.69, 9.17) is 0 Å². The first-order valence-corrected chi connectivity index (χ1v) is 7.75. The molecule has 1 aliphatic carbocycles. The molecule has 2 N–H and O–H groups in total. The Hall–Kier alpha value is -1.07. The highest BCUT2D eigenvalue weighted by Gasteiger charge is 2.21. The van der Waals surface area contributed by atoms with Gasteiger partial charge in [-0.1, -0.05) is 6.92 Å². The van der Waals surface area contributed by atoms with E-state index in [1.807, 2.05) is 6.07 Å². The lowest BCUT2D eigenvalue weighted by Crippen LogP contribution is -2.38. The van der Waals surface area contributed by atoms with E-state index in [1.165, 1.54) is 0 Å². The minimum Gasteiger partial charge on any atom is -0.393 e. The van der Waals surface area contributed by atoms with Crippen molar-refractivity contribution < 1.29 is 9.90 Å². The van der Waals surface area contributed by atoms with Gasteiger partial charge in [0.25, 0.3) is 5.91 Å². The molecule has 2 rings (SSSR count). The summed E-state index contributed by atoms with van der Waals surface area (Å²) in [5.41, 5.74) is 0.664. The predicted octanol–water partition coefficient (Wildman–Crippen LogP) is 2.23. The van der Waals surface area contributed by atoms with Crippen LogP contribution in [0.15, 0.2) is 23.4 Å². The van der Waals surface area contributed by atoms with Crippen molar-refractivity contribution in [1.29, 1.82) is 0 Å². The number of aromatic nitrogens is 1. The van der Waals surface area contributed by atoms with Crippen LogP contribution < -0.4 is 5.32 Å². The molecule has 1 heterocycles. The Morgan fingerprint density at radius 2 is 2.21 bits per heavy atom. The number of aliphatic hydroxyl groups excluding tert-OH is 1. The van der Waals surface area contributed by atoms with Gasteiger partial charge in [0.05, 0.1) is 11.1 Å². The van der Waals surface area contributed by atoms with E-state index in [2.05, 4.69) is 17.2 Å². The highest BCUT2D eigenvalue weighted by Crippen LogP contribution is 2.19. The van der Waals surface area contributed by atoms with Crippen molar-refractivity contribution in [2.45, 2.75) is 49.8 Å². The van der Waals surface area contributed by atoms with Gasteiger partial charge < -0.3 is 10.4 Å². The lowest BCUT2D eigenvalue weighted by Gasteiger charge is -2.26. The average molecular weight is 280 g/mol. The zero-order valence-corrected chi connectivity index (χ0v) is 11.9. The molecule has 0 bridgehead atoms. The molecule has 1 aliphatic rings. The third-order valence-corrected chi connectivity index (χ3v) is 4.13. The van der Waals surface area contributed by atoms with Crippen molar-refractivity contribution in [2.75, 3.05) is 5.75 Å². The third kappa shape index (κ3) is 4.21. The van der Waals surface area contributed by atoms with Gasteiger partial charge in [-0.3, -0.25) is 4.79 Å². The van der Waals surface area contributed by atoms with E-state index in [0.717, 1.165) is 36.5 Å². The Labute approximate surface area is 118 Å². The molecule has 0 saturated heterocycles. The molecule has 1 amide bonds. The van der Waals surface area contributed by atoms with Crippen molar-refractivity contribution in [2.24, 2.45) is 0 Å². The van der Waals surface area contributed by atoms with Crippen LogP contribution in [0.3, 0.4) is 0 Å². The van der Waals surface area contributed by atoms with Crippen LogP contribution in [-0.2, 0) is 0 Å². The Morgan fingerprint density at radius 1 is 1.47 bits per heavy atom. The molecule has 1 fully saturated rings. The number of rotatable bonds is 4. The quantitative estimate of drug-likeness (QED) is 0.830. The Balaban J connectivity index is 1.94. The summed E-state index contributed by atoms with van der Waals surface area (Å²) >= 11 is 1.63. The van der Waals surface area contributed by atoms with Gasteiger partial charge in [0.1, 0.15) is 0 Å². The number of thioether (sulfide) groups is 1. The van der Waals surface area contributed by atoms with Crippen LogP contribution in [0.25, 0.3) is 0 Å². The summed E-state index contributed by atoms with van der Waals surface area (Å²) in [7, 11) is 0. The summed E-state index contributed by atoms with van der Waals surface area (Å²) in [5.74, 6) is 0.903. The summed E-state index contributed by atoms with van der Waals surface area (Å²) in [6.07, 6.45) is 4.75. The SMILES string of the molecule is CCSc1cc(C(=O)NC2CCC(O)CC2)ccn1. The average Bonchev–Trinajstić information content (AvgIpc) is 2.42. The fourth-order valence-electron chi connectivity index (χ4n) is 2.27. The van der Waals surface area contributed by atoms with E-state index in [-0.39, 0.29) is 18.1 Å². The summed E-state index contributed by atoms with van der Waals surface area (Å²) in [6, 6.07) is 3.76. The maximum Gasteiger partial charge on any atom is 0.251 e. The first-order chi connectivity index (χ1) is 9.19. The van der Waals surface area contributed by atoms with Crippen LogP contribution in [-0.4, -0.2) is 33.9 Å². The second kappa shape index (κ2) is 6.91. The minimum absolute atomic E-state index is 0.0401. The highest BCUT2D eigenvalue weighted by molar-refractivity contribution is 7.99. The van der Waals surface area contributed by atoms with E-state index in [9.17, 15) is 9.90 Å². The fourth-order valence-corrected chi connectivity index (χ4v) is 2.91. The Kier molecular flexibility index (Phi) is 5.22. The standard InChI is InChI=1S/C14H20N2O2S/c1-2-19-13-9-10(7-8-15-13)14(18)16-11-3-5-12(17)6-4-11/h7-9,11-12,17H,2-6H2,1H3,(H,16,18). The van der Waals surface area contributed by atoms with Gasteiger partial charge in [0, 0.05) is 17.8 Å². The maximum absolute atomic E-state index is 12.1. The Bertz CT molecular complexity index is 431. The van der Waals surface area contributed by atoms with Crippen molar-refractivity contribution in [3.63, 3.8) is 0 Å². The van der Waals surface area contributed by atoms with Gasteiger partial charge in [-0.25, -0.2) is 4.98 Å². The van der Waals surface area contributed by atoms with Crippen LogP contribution in [0.4, 0.5) is 0 Å². The van der Waals surface area contributed by atoms with Crippen LogP contribution >= 0.6 is 11.8 Å². The molecular formula is C14H20N2O2S. The lowest BCUT2D eigenvalue weighted by molar-refractivity contribution is 0.0867. The van der Waals surface area contributed by atoms with Crippen LogP contribution in [0.1, 0.15) is 43.0 Å². The van der Waals surface area contributed by atoms with Gasteiger partial charge in [0.2, 0.25) is 0 Å². The van der Waals surface area contributed by atoms with Gasteiger partial charge in [-0.2, -0.15) is 0 Å². The molecule has 104 valence electrons. The number of pyridine rings is 1. The van der Waals surface area contributed by atoms with E-state index in [1.54, 1.807) is 24.0 Å². The third-order valence-electron chi connectivity index (χ3n) is 3.32. The highest BCUT2D eigenvalue weighted by atomic mass is 32.2. The van der Waals surface area contributed by atoms with Gasteiger partial charge in [-0.15, -0.1) is 11.8 Å². The van der Waals surface area contributed by atoms with E-state index in [0.29, 0.717) is 5.56 Å². The predicted molar refractivity (Wildman–Crippen MR) is 76.4 cm³/mol. The monoisotopic (exact) mass is 280 g/mol. The molecule has 0 unspecified atom stereocenters. The number of hydrogen-bond donors (Lipinski definition) is 2. The molecule has 0 aromatic carbocycles. The topological polar surface area (TPSA) is 62.2 Å². The molecular weight excluding hydrogens is 260 g/mol. The van der Waals surface area contributed by atoms with Gasteiger partial charge >= 0.3 is 0 Å². The number of amides is 1. The molecule has 0 spiro atoms. The molecule has 0 aliphatic heterocycles.